The third-order valence-electron chi connectivity index (χ3n) is 2.35. The minimum absolute atomic E-state index is 0.260. The van der Waals surface area contributed by atoms with Crippen molar-refractivity contribution in [1.29, 1.82) is 0 Å². The summed E-state index contributed by atoms with van der Waals surface area (Å²) in [5, 5.41) is 11.8. The number of ether oxygens (including phenoxy) is 1. The number of hydrogen-bond donors (Lipinski definition) is 3. The average molecular weight is 248 g/mol. The van der Waals surface area contributed by atoms with Crippen molar-refractivity contribution in [1.82, 2.24) is 5.32 Å². The molecule has 2 unspecified atom stereocenters. The zero-order valence-corrected chi connectivity index (χ0v) is 9.83. The first kappa shape index (κ1) is 13.3. The Bertz CT molecular complexity index is 274. The second kappa shape index (κ2) is 6.07. The predicted molar refractivity (Wildman–Crippen MR) is 60.0 cm³/mol. The van der Waals surface area contributed by atoms with Crippen LogP contribution in [0.5, 0.6) is 0 Å². The molecule has 1 rings (SSSR count). The molecule has 1 fully saturated rings. The number of thioether (sulfide) groups is 1. The molecule has 0 aromatic heterocycles. The third-order valence-corrected chi connectivity index (χ3v) is 3.04. The Hall–Kier alpha value is -0.790. The lowest BCUT2D eigenvalue weighted by Gasteiger charge is -2.24. The highest BCUT2D eigenvalue weighted by molar-refractivity contribution is 7.98. The normalized spacial score (nSPS) is 23.9. The van der Waals surface area contributed by atoms with E-state index < -0.39 is 24.3 Å². The summed E-state index contributed by atoms with van der Waals surface area (Å²) in [5.41, 5.74) is 5.54. The van der Waals surface area contributed by atoms with E-state index in [-0.39, 0.29) is 5.97 Å². The Morgan fingerprint density at radius 2 is 2.50 bits per heavy atom. The van der Waals surface area contributed by atoms with Crippen LogP contribution in [-0.4, -0.2) is 47.4 Å². The zero-order valence-electron chi connectivity index (χ0n) is 9.01. The number of rotatable bonds is 6. The van der Waals surface area contributed by atoms with Crippen molar-refractivity contribution in [3.63, 3.8) is 0 Å². The molecule has 6 nitrogen and oxygen atoms in total. The smallest absolute Gasteiger partial charge is 0.322 e. The van der Waals surface area contributed by atoms with E-state index in [4.69, 9.17) is 15.6 Å². The van der Waals surface area contributed by atoms with Crippen LogP contribution in [0.15, 0.2) is 0 Å². The van der Waals surface area contributed by atoms with Crippen LogP contribution in [0.3, 0.4) is 0 Å². The van der Waals surface area contributed by atoms with Gasteiger partial charge in [0.15, 0.2) is 6.23 Å². The molecule has 0 aliphatic carbocycles. The Balaban J connectivity index is 2.50. The van der Waals surface area contributed by atoms with Gasteiger partial charge in [0.05, 0.1) is 6.42 Å². The minimum atomic E-state index is -1.06. The number of nitrogens with one attached hydrogen (secondary N) is 1. The molecule has 1 aliphatic rings. The summed E-state index contributed by atoms with van der Waals surface area (Å²) in [5.74, 6) is -0.762. The fourth-order valence-electron chi connectivity index (χ4n) is 1.49. The van der Waals surface area contributed by atoms with Crippen LogP contribution in [0.25, 0.3) is 0 Å². The van der Waals surface area contributed by atoms with Crippen LogP contribution >= 0.6 is 11.8 Å². The molecule has 92 valence electrons. The van der Waals surface area contributed by atoms with Gasteiger partial charge in [-0.1, -0.05) is 0 Å². The van der Waals surface area contributed by atoms with Gasteiger partial charge >= 0.3 is 11.9 Å². The van der Waals surface area contributed by atoms with Crippen LogP contribution in [0.2, 0.25) is 0 Å². The van der Waals surface area contributed by atoms with Crippen molar-refractivity contribution < 1.29 is 19.4 Å². The molecule has 4 N–H and O–H groups in total. The van der Waals surface area contributed by atoms with E-state index in [1.54, 1.807) is 0 Å². The summed E-state index contributed by atoms with van der Waals surface area (Å²) in [6.45, 7) is 0. The summed E-state index contributed by atoms with van der Waals surface area (Å²) in [6, 6.07) is -1.39. The number of carbonyl (C=O) groups is 2. The molecular formula is C9H16N2O4S. The monoisotopic (exact) mass is 248 g/mol. The van der Waals surface area contributed by atoms with E-state index in [1.165, 1.54) is 11.8 Å². The number of carbonyl (C=O) groups excluding carboxylic acids is 1. The molecule has 1 heterocycles. The quantitative estimate of drug-likeness (QED) is 0.538. The van der Waals surface area contributed by atoms with Gasteiger partial charge in [-0.3, -0.25) is 14.9 Å². The van der Waals surface area contributed by atoms with Crippen LogP contribution < -0.4 is 11.1 Å². The van der Waals surface area contributed by atoms with Crippen LogP contribution in [-0.2, 0) is 14.3 Å². The van der Waals surface area contributed by atoms with Crippen LogP contribution in [0.4, 0.5) is 0 Å². The van der Waals surface area contributed by atoms with Crippen molar-refractivity contribution in [2.45, 2.75) is 31.2 Å². The summed E-state index contributed by atoms with van der Waals surface area (Å²) in [6.07, 6.45) is 2.39. The Labute approximate surface area is 97.9 Å². The fraction of sp³-hybridized carbons (Fsp3) is 0.778. The molecule has 3 atom stereocenters. The number of hydrogen-bond acceptors (Lipinski definition) is 6. The first-order valence-electron chi connectivity index (χ1n) is 4.97. The molecule has 7 heteroatoms. The third kappa shape index (κ3) is 3.66. The SMILES string of the molecule is CSCC(NC1CCC(=O)O1)[C@H](N)C(=O)O. The van der Waals surface area contributed by atoms with Gasteiger partial charge in [0, 0.05) is 18.2 Å². The van der Waals surface area contributed by atoms with Crippen molar-refractivity contribution in [3.05, 3.63) is 0 Å². The minimum Gasteiger partial charge on any atom is -0.480 e. The van der Waals surface area contributed by atoms with Crippen molar-refractivity contribution in [2.75, 3.05) is 12.0 Å². The lowest BCUT2D eigenvalue weighted by atomic mass is 10.1. The number of carboxylic acids is 1. The van der Waals surface area contributed by atoms with E-state index in [0.717, 1.165) is 0 Å². The lowest BCUT2D eigenvalue weighted by molar-refractivity contribution is -0.143. The van der Waals surface area contributed by atoms with E-state index in [2.05, 4.69) is 5.32 Å². The molecule has 0 bridgehead atoms. The van der Waals surface area contributed by atoms with Gasteiger partial charge in [0.25, 0.3) is 0 Å². The Morgan fingerprint density at radius 3 is 2.94 bits per heavy atom. The summed E-state index contributed by atoms with van der Waals surface area (Å²) in [4.78, 5) is 21.7. The molecule has 0 aromatic carbocycles. The van der Waals surface area contributed by atoms with E-state index >= 15 is 0 Å². The van der Waals surface area contributed by atoms with Crippen molar-refractivity contribution in [2.24, 2.45) is 5.73 Å². The topological polar surface area (TPSA) is 102 Å². The molecule has 0 spiro atoms. The molecule has 0 aromatic rings. The first-order valence-corrected chi connectivity index (χ1v) is 6.37. The van der Waals surface area contributed by atoms with Gasteiger partial charge < -0.3 is 15.6 Å². The summed E-state index contributed by atoms with van der Waals surface area (Å²) < 4.78 is 4.96. The second-order valence-corrected chi connectivity index (χ2v) is 4.52. The summed E-state index contributed by atoms with van der Waals surface area (Å²) in [7, 11) is 0. The van der Waals surface area contributed by atoms with Gasteiger partial charge in [-0.05, 0) is 6.26 Å². The number of carboxylic acid groups (broad SMARTS) is 1. The summed E-state index contributed by atoms with van der Waals surface area (Å²) >= 11 is 1.49. The first-order chi connectivity index (χ1) is 7.54. The highest BCUT2D eigenvalue weighted by atomic mass is 32.2. The van der Waals surface area contributed by atoms with Gasteiger partial charge in [-0.15, -0.1) is 0 Å². The molecule has 16 heavy (non-hydrogen) atoms. The van der Waals surface area contributed by atoms with E-state index in [9.17, 15) is 9.59 Å². The van der Waals surface area contributed by atoms with Crippen molar-refractivity contribution in [3.8, 4) is 0 Å². The van der Waals surface area contributed by atoms with Crippen LogP contribution in [0, 0.1) is 0 Å². The maximum Gasteiger partial charge on any atom is 0.322 e. The highest BCUT2D eigenvalue weighted by Gasteiger charge is 2.30. The second-order valence-electron chi connectivity index (χ2n) is 3.61. The standard InChI is InChI=1S/C9H16N2O4S/c1-16-4-5(8(10)9(13)14)11-6-2-3-7(12)15-6/h5-6,8,11H,2-4,10H2,1H3,(H,13,14)/t5?,6?,8-/m0/s1. The maximum absolute atomic E-state index is 10.9. The average Bonchev–Trinajstić information content (AvgIpc) is 2.62. The van der Waals surface area contributed by atoms with Gasteiger partial charge in [-0.2, -0.15) is 11.8 Å². The fourth-order valence-corrected chi connectivity index (χ4v) is 2.15. The van der Waals surface area contributed by atoms with E-state index in [0.29, 0.717) is 18.6 Å². The van der Waals surface area contributed by atoms with Crippen LogP contribution in [0.1, 0.15) is 12.8 Å². The zero-order chi connectivity index (χ0) is 12.1. The number of nitrogens with two attached hydrogens (primary N) is 1. The lowest BCUT2D eigenvalue weighted by Crippen LogP contribution is -2.54. The van der Waals surface area contributed by atoms with Gasteiger partial charge in [-0.25, -0.2) is 0 Å². The Kier molecular flexibility index (Phi) is 5.04. The molecule has 1 aliphatic heterocycles. The van der Waals surface area contributed by atoms with E-state index in [1.807, 2.05) is 6.26 Å². The molecule has 0 radical (unpaired) electrons. The molecule has 0 saturated carbocycles. The molecule has 0 amide bonds. The number of aliphatic carboxylic acids is 1. The number of cyclic esters (lactones) is 1. The molecule has 1 saturated heterocycles. The highest BCUT2D eigenvalue weighted by Crippen LogP contribution is 2.13. The van der Waals surface area contributed by atoms with Crippen molar-refractivity contribution >= 4 is 23.7 Å². The van der Waals surface area contributed by atoms with Gasteiger partial charge in [0.1, 0.15) is 6.04 Å². The maximum atomic E-state index is 10.9. The molecular weight excluding hydrogens is 232 g/mol. The van der Waals surface area contributed by atoms with Gasteiger partial charge in [0.2, 0.25) is 0 Å². The number of esters is 1. The Morgan fingerprint density at radius 1 is 1.81 bits per heavy atom. The largest absolute Gasteiger partial charge is 0.480 e. The predicted octanol–water partition coefficient (Wildman–Crippen LogP) is -0.617.